The van der Waals surface area contributed by atoms with Gasteiger partial charge in [-0.25, -0.2) is 4.79 Å². The van der Waals surface area contributed by atoms with Gasteiger partial charge in [-0.15, -0.1) is 0 Å². The van der Waals surface area contributed by atoms with Crippen LogP contribution in [0, 0.1) is 5.92 Å². The largest absolute Gasteiger partial charge is 0.450 e. The molecule has 16 heavy (non-hydrogen) atoms. The number of nitrogens with zero attached hydrogens (tertiary/aromatic N) is 1. The van der Waals surface area contributed by atoms with Crippen molar-refractivity contribution in [2.45, 2.75) is 45.2 Å². The number of hydrogen-bond acceptors (Lipinski definition) is 3. The number of piperidine rings is 1. The summed E-state index contributed by atoms with van der Waals surface area (Å²) in [7, 11) is 0. The van der Waals surface area contributed by atoms with Crippen molar-refractivity contribution in [1.82, 2.24) is 10.2 Å². The maximum Gasteiger partial charge on any atom is 0.407 e. The summed E-state index contributed by atoms with van der Waals surface area (Å²) in [6, 6.07) is 1.05. The van der Waals surface area contributed by atoms with Gasteiger partial charge in [0, 0.05) is 25.2 Å². The Labute approximate surface area is 97.3 Å². The summed E-state index contributed by atoms with van der Waals surface area (Å²) < 4.78 is 4.92. The molecular formula is C12H22N2O2. The summed E-state index contributed by atoms with van der Waals surface area (Å²) in [5, 5.41) is 2.96. The number of likely N-dealkylation sites (tertiary alicyclic amines) is 1. The van der Waals surface area contributed by atoms with Gasteiger partial charge in [0.25, 0.3) is 0 Å². The van der Waals surface area contributed by atoms with Crippen molar-refractivity contribution in [1.29, 1.82) is 0 Å². The molecule has 0 aromatic rings. The van der Waals surface area contributed by atoms with E-state index < -0.39 is 0 Å². The monoisotopic (exact) mass is 226 g/mol. The first-order valence-corrected chi connectivity index (χ1v) is 6.36. The molecule has 0 aromatic heterocycles. The normalized spacial score (nSPS) is 31.1. The minimum Gasteiger partial charge on any atom is -0.450 e. The molecule has 4 nitrogen and oxygen atoms in total. The molecule has 1 N–H and O–H groups in total. The lowest BCUT2D eigenvalue weighted by Crippen LogP contribution is -2.51. The van der Waals surface area contributed by atoms with Crippen LogP contribution in [0.25, 0.3) is 0 Å². The Morgan fingerprint density at radius 1 is 1.44 bits per heavy atom. The summed E-state index contributed by atoms with van der Waals surface area (Å²) in [5.74, 6) is 0.668. The average molecular weight is 226 g/mol. The third kappa shape index (κ3) is 3.11. The van der Waals surface area contributed by atoms with E-state index in [9.17, 15) is 4.79 Å². The quantitative estimate of drug-likeness (QED) is 0.795. The molecule has 2 aliphatic rings. The van der Waals surface area contributed by atoms with Crippen molar-refractivity contribution in [3.05, 3.63) is 0 Å². The molecule has 1 heterocycles. The van der Waals surface area contributed by atoms with E-state index in [1.165, 1.54) is 19.4 Å². The first-order valence-electron chi connectivity index (χ1n) is 6.36. The SMILES string of the molecule is CCOC(=O)NC1CC(C)CN(C2CC2)C1. The van der Waals surface area contributed by atoms with Crippen LogP contribution in [0.1, 0.15) is 33.1 Å². The van der Waals surface area contributed by atoms with E-state index in [4.69, 9.17) is 4.74 Å². The van der Waals surface area contributed by atoms with Gasteiger partial charge in [0.15, 0.2) is 0 Å². The Bertz CT molecular complexity index is 253. The van der Waals surface area contributed by atoms with Crippen molar-refractivity contribution >= 4 is 6.09 Å². The van der Waals surface area contributed by atoms with Crippen LogP contribution in [0.5, 0.6) is 0 Å². The highest BCUT2D eigenvalue weighted by Crippen LogP contribution is 2.30. The molecule has 0 radical (unpaired) electrons. The van der Waals surface area contributed by atoms with Gasteiger partial charge < -0.3 is 10.1 Å². The van der Waals surface area contributed by atoms with Crippen LogP contribution in [-0.2, 0) is 4.74 Å². The second kappa shape index (κ2) is 5.04. The van der Waals surface area contributed by atoms with E-state index in [1.807, 2.05) is 6.92 Å². The Hall–Kier alpha value is -0.770. The zero-order valence-corrected chi connectivity index (χ0v) is 10.2. The summed E-state index contributed by atoms with van der Waals surface area (Å²) in [5.41, 5.74) is 0. The van der Waals surface area contributed by atoms with E-state index in [0.29, 0.717) is 12.5 Å². The maximum atomic E-state index is 11.4. The van der Waals surface area contributed by atoms with Gasteiger partial charge in [0.2, 0.25) is 0 Å². The first kappa shape index (κ1) is 11.7. The van der Waals surface area contributed by atoms with Crippen LogP contribution in [0.4, 0.5) is 4.79 Å². The zero-order valence-electron chi connectivity index (χ0n) is 10.2. The molecule has 0 aromatic carbocycles. The van der Waals surface area contributed by atoms with Gasteiger partial charge in [-0.2, -0.15) is 0 Å². The summed E-state index contributed by atoms with van der Waals surface area (Å²) in [4.78, 5) is 13.9. The summed E-state index contributed by atoms with van der Waals surface area (Å²) in [6.07, 6.45) is 3.47. The number of carbonyl (C=O) groups is 1. The predicted octanol–water partition coefficient (Wildman–Crippen LogP) is 1.61. The predicted molar refractivity (Wildman–Crippen MR) is 62.3 cm³/mol. The average Bonchev–Trinajstić information content (AvgIpc) is 2.99. The third-order valence-corrected chi connectivity index (χ3v) is 3.35. The van der Waals surface area contributed by atoms with E-state index in [-0.39, 0.29) is 12.1 Å². The second-order valence-corrected chi connectivity index (χ2v) is 5.09. The highest BCUT2D eigenvalue weighted by molar-refractivity contribution is 5.67. The van der Waals surface area contributed by atoms with E-state index >= 15 is 0 Å². The number of hydrogen-bond donors (Lipinski definition) is 1. The molecule has 0 bridgehead atoms. The van der Waals surface area contributed by atoms with Gasteiger partial charge in [0.1, 0.15) is 0 Å². The molecule has 2 atom stereocenters. The second-order valence-electron chi connectivity index (χ2n) is 5.09. The molecule has 1 amide bonds. The first-order chi connectivity index (χ1) is 7.69. The van der Waals surface area contributed by atoms with Crippen LogP contribution in [0.2, 0.25) is 0 Å². The zero-order chi connectivity index (χ0) is 11.5. The number of carbonyl (C=O) groups excluding carboxylic acids is 1. The molecule has 0 spiro atoms. The maximum absolute atomic E-state index is 11.4. The fraction of sp³-hybridized carbons (Fsp3) is 0.917. The van der Waals surface area contributed by atoms with Crippen LogP contribution >= 0.6 is 0 Å². The number of amides is 1. The summed E-state index contributed by atoms with van der Waals surface area (Å²) >= 11 is 0. The van der Waals surface area contributed by atoms with E-state index in [0.717, 1.165) is 19.0 Å². The van der Waals surface area contributed by atoms with Crippen molar-refractivity contribution in [3.63, 3.8) is 0 Å². The molecule has 2 unspecified atom stereocenters. The van der Waals surface area contributed by atoms with Crippen LogP contribution in [-0.4, -0.2) is 42.8 Å². The van der Waals surface area contributed by atoms with Crippen molar-refractivity contribution in [2.75, 3.05) is 19.7 Å². The number of ether oxygens (including phenoxy) is 1. The standard InChI is InChI=1S/C12H22N2O2/c1-3-16-12(15)13-10-6-9(2)7-14(8-10)11-4-5-11/h9-11H,3-8H2,1-2H3,(H,13,15). The number of nitrogens with one attached hydrogen (secondary N) is 1. The minimum atomic E-state index is -0.266. The minimum absolute atomic E-state index is 0.266. The van der Waals surface area contributed by atoms with Gasteiger partial charge in [-0.1, -0.05) is 6.92 Å². The Morgan fingerprint density at radius 2 is 2.19 bits per heavy atom. The van der Waals surface area contributed by atoms with Crippen molar-refractivity contribution in [3.8, 4) is 0 Å². The van der Waals surface area contributed by atoms with E-state index in [1.54, 1.807) is 0 Å². The van der Waals surface area contributed by atoms with Gasteiger partial charge in [0.05, 0.1) is 6.61 Å². The van der Waals surface area contributed by atoms with Crippen LogP contribution in [0.3, 0.4) is 0 Å². The molecule has 1 aliphatic carbocycles. The van der Waals surface area contributed by atoms with Crippen molar-refractivity contribution < 1.29 is 9.53 Å². The molecule has 1 saturated carbocycles. The Morgan fingerprint density at radius 3 is 2.81 bits per heavy atom. The third-order valence-electron chi connectivity index (χ3n) is 3.35. The van der Waals surface area contributed by atoms with E-state index in [2.05, 4.69) is 17.1 Å². The Balaban J connectivity index is 1.81. The molecule has 1 saturated heterocycles. The fourth-order valence-corrected chi connectivity index (χ4v) is 2.57. The number of rotatable bonds is 3. The molecule has 2 fully saturated rings. The topological polar surface area (TPSA) is 41.6 Å². The Kier molecular flexibility index (Phi) is 3.69. The molecular weight excluding hydrogens is 204 g/mol. The van der Waals surface area contributed by atoms with Gasteiger partial charge in [-0.05, 0) is 32.1 Å². The molecule has 92 valence electrons. The van der Waals surface area contributed by atoms with Gasteiger partial charge in [-0.3, -0.25) is 4.90 Å². The molecule has 4 heteroatoms. The van der Waals surface area contributed by atoms with Crippen molar-refractivity contribution in [2.24, 2.45) is 5.92 Å². The van der Waals surface area contributed by atoms with Crippen LogP contribution in [0.15, 0.2) is 0 Å². The lowest BCUT2D eigenvalue weighted by atomic mass is 9.96. The van der Waals surface area contributed by atoms with Gasteiger partial charge >= 0.3 is 6.09 Å². The lowest BCUT2D eigenvalue weighted by molar-refractivity contribution is 0.117. The highest BCUT2D eigenvalue weighted by Gasteiger charge is 2.35. The van der Waals surface area contributed by atoms with Crippen LogP contribution < -0.4 is 5.32 Å². The molecule has 2 rings (SSSR count). The number of alkyl carbamates (subject to hydrolysis) is 1. The summed E-state index contributed by atoms with van der Waals surface area (Å²) in [6.45, 7) is 6.72. The fourth-order valence-electron chi connectivity index (χ4n) is 2.57. The lowest BCUT2D eigenvalue weighted by Gasteiger charge is -2.36. The highest BCUT2D eigenvalue weighted by atomic mass is 16.5. The molecule has 1 aliphatic heterocycles. The smallest absolute Gasteiger partial charge is 0.407 e.